The van der Waals surface area contributed by atoms with E-state index in [0.29, 0.717) is 12.6 Å². The standard InChI is InChI=1S/C11H23N3O/c1-4-13-11(15)9(2)14-7-5-6-10(8-14)12-3/h9-10,12H,4-8H2,1-3H3,(H,13,15). The summed E-state index contributed by atoms with van der Waals surface area (Å²) in [5, 5.41) is 6.16. The van der Waals surface area contributed by atoms with Gasteiger partial charge in [-0.25, -0.2) is 0 Å². The first kappa shape index (κ1) is 12.5. The number of hydrogen-bond donors (Lipinski definition) is 2. The number of likely N-dealkylation sites (tertiary alicyclic amines) is 1. The highest BCUT2D eigenvalue weighted by Crippen LogP contribution is 2.12. The minimum absolute atomic E-state index is 0.00102. The van der Waals surface area contributed by atoms with Crippen molar-refractivity contribution >= 4 is 5.91 Å². The molecule has 1 amide bonds. The van der Waals surface area contributed by atoms with Gasteiger partial charge >= 0.3 is 0 Å². The van der Waals surface area contributed by atoms with Crippen molar-refractivity contribution < 1.29 is 4.79 Å². The average molecular weight is 213 g/mol. The van der Waals surface area contributed by atoms with Gasteiger partial charge in [0.1, 0.15) is 0 Å². The summed E-state index contributed by atoms with van der Waals surface area (Å²) >= 11 is 0. The first-order chi connectivity index (χ1) is 7.19. The number of nitrogens with one attached hydrogen (secondary N) is 2. The maximum absolute atomic E-state index is 11.7. The van der Waals surface area contributed by atoms with Crippen molar-refractivity contribution in [2.75, 3.05) is 26.7 Å². The molecule has 4 nitrogen and oxygen atoms in total. The van der Waals surface area contributed by atoms with Gasteiger partial charge in [0.05, 0.1) is 6.04 Å². The second-order valence-electron chi connectivity index (χ2n) is 4.19. The number of rotatable bonds is 4. The first-order valence-electron chi connectivity index (χ1n) is 5.88. The molecular weight excluding hydrogens is 190 g/mol. The van der Waals surface area contributed by atoms with Crippen molar-refractivity contribution in [1.82, 2.24) is 15.5 Å². The van der Waals surface area contributed by atoms with Gasteiger partial charge in [-0.05, 0) is 40.3 Å². The lowest BCUT2D eigenvalue weighted by Gasteiger charge is -2.35. The summed E-state index contributed by atoms with van der Waals surface area (Å²) in [6.07, 6.45) is 2.39. The molecule has 0 spiro atoms. The molecule has 1 fully saturated rings. The molecule has 1 aliphatic rings. The van der Waals surface area contributed by atoms with E-state index in [1.165, 1.54) is 12.8 Å². The second kappa shape index (κ2) is 6.08. The fraction of sp³-hybridized carbons (Fsp3) is 0.909. The van der Waals surface area contributed by atoms with Crippen LogP contribution in [0.15, 0.2) is 0 Å². The lowest BCUT2D eigenvalue weighted by atomic mass is 10.0. The van der Waals surface area contributed by atoms with Gasteiger partial charge in [-0.2, -0.15) is 0 Å². The number of likely N-dealkylation sites (N-methyl/N-ethyl adjacent to an activating group) is 2. The van der Waals surface area contributed by atoms with Crippen LogP contribution in [0.1, 0.15) is 26.7 Å². The maximum Gasteiger partial charge on any atom is 0.237 e. The van der Waals surface area contributed by atoms with Crippen LogP contribution in [0, 0.1) is 0 Å². The molecule has 0 aliphatic carbocycles. The summed E-state index contributed by atoms with van der Waals surface area (Å²) in [5.74, 6) is 0.147. The number of hydrogen-bond acceptors (Lipinski definition) is 3. The smallest absolute Gasteiger partial charge is 0.237 e. The van der Waals surface area contributed by atoms with Crippen LogP contribution in [0.4, 0.5) is 0 Å². The average Bonchev–Trinajstić information content (AvgIpc) is 2.28. The Bertz CT molecular complexity index is 208. The van der Waals surface area contributed by atoms with Crippen LogP contribution in [0.2, 0.25) is 0 Å². The van der Waals surface area contributed by atoms with E-state index in [1.807, 2.05) is 20.9 Å². The molecule has 1 aliphatic heterocycles. The molecule has 15 heavy (non-hydrogen) atoms. The van der Waals surface area contributed by atoms with Crippen LogP contribution in [-0.4, -0.2) is 49.6 Å². The summed E-state index contributed by atoms with van der Waals surface area (Å²) in [7, 11) is 1.99. The van der Waals surface area contributed by atoms with Crippen molar-refractivity contribution in [3.05, 3.63) is 0 Å². The number of carbonyl (C=O) groups is 1. The van der Waals surface area contributed by atoms with Crippen molar-refractivity contribution in [1.29, 1.82) is 0 Å². The molecule has 4 heteroatoms. The fourth-order valence-corrected chi connectivity index (χ4v) is 2.08. The molecular formula is C11H23N3O. The van der Waals surface area contributed by atoms with Gasteiger partial charge < -0.3 is 10.6 Å². The van der Waals surface area contributed by atoms with Crippen LogP contribution < -0.4 is 10.6 Å². The maximum atomic E-state index is 11.7. The van der Waals surface area contributed by atoms with Crippen LogP contribution in [0.5, 0.6) is 0 Å². The Labute approximate surface area is 92.4 Å². The Kier molecular flexibility index (Phi) is 5.05. The van der Waals surface area contributed by atoms with E-state index in [2.05, 4.69) is 15.5 Å². The predicted molar refractivity (Wildman–Crippen MR) is 61.8 cm³/mol. The van der Waals surface area contributed by atoms with E-state index in [1.54, 1.807) is 0 Å². The monoisotopic (exact) mass is 213 g/mol. The summed E-state index contributed by atoms with van der Waals surface area (Å²) in [6.45, 7) is 6.68. The van der Waals surface area contributed by atoms with E-state index >= 15 is 0 Å². The van der Waals surface area contributed by atoms with Gasteiger partial charge in [-0.15, -0.1) is 0 Å². The minimum atomic E-state index is 0.00102. The SMILES string of the molecule is CCNC(=O)C(C)N1CCCC(NC)C1. The summed E-state index contributed by atoms with van der Waals surface area (Å²) in [5.41, 5.74) is 0. The van der Waals surface area contributed by atoms with Crippen LogP contribution in [-0.2, 0) is 4.79 Å². The summed E-state index contributed by atoms with van der Waals surface area (Å²) in [4.78, 5) is 13.9. The van der Waals surface area contributed by atoms with Crippen molar-refractivity contribution in [3.63, 3.8) is 0 Å². The van der Waals surface area contributed by atoms with Gasteiger partial charge in [0.2, 0.25) is 5.91 Å². The van der Waals surface area contributed by atoms with Crippen molar-refractivity contribution in [2.24, 2.45) is 0 Å². The zero-order valence-corrected chi connectivity index (χ0v) is 10.0. The lowest BCUT2D eigenvalue weighted by molar-refractivity contribution is -0.126. The van der Waals surface area contributed by atoms with Crippen LogP contribution in [0.3, 0.4) is 0 Å². The zero-order valence-electron chi connectivity index (χ0n) is 10.0. The molecule has 2 unspecified atom stereocenters. The Balaban J connectivity index is 2.44. The highest BCUT2D eigenvalue weighted by Gasteiger charge is 2.26. The fourth-order valence-electron chi connectivity index (χ4n) is 2.08. The normalized spacial score (nSPS) is 24.9. The van der Waals surface area contributed by atoms with Crippen molar-refractivity contribution in [2.45, 2.75) is 38.8 Å². The molecule has 0 radical (unpaired) electrons. The molecule has 0 saturated carbocycles. The topological polar surface area (TPSA) is 44.4 Å². The minimum Gasteiger partial charge on any atom is -0.355 e. The largest absolute Gasteiger partial charge is 0.355 e. The Morgan fingerprint density at radius 3 is 2.93 bits per heavy atom. The third-order valence-electron chi connectivity index (χ3n) is 3.14. The number of carbonyl (C=O) groups excluding carboxylic acids is 1. The summed E-state index contributed by atoms with van der Waals surface area (Å²) in [6, 6.07) is 0.539. The lowest BCUT2D eigenvalue weighted by Crippen LogP contribution is -2.52. The van der Waals surface area contributed by atoms with E-state index in [4.69, 9.17) is 0 Å². The van der Waals surface area contributed by atoms with E-state index in [-0.39, 0.29) is 11.9 Å². The summed E-state index contributed by atoms with van der Waals surface area (Å²) < 4.78 is 0. The molecule has 2 N–H and O–H groups in total. The molecule has 0 aromatic carbocycles. The Morgan fingerprint density at radius 1 is 1.60 bits per heavy atom. The van der Waals surface area contributed by atoms with Gasteiger partial charge in [0.15, 0.2) is 0 Å². The second-order valence-corrected chi connectivity index (χ2v) is 4.19. The quantitative estimate of drug-likeness (QED) is 0.701. The van der Waals surface area contributed by atoms with Crippen LogP contribution >= 0.6 is 0 Å². The Hall–Kier alpha value is -0.610. The van der Waals surface area contributed by atoms with Gasteiger partial charge in [-0.1, -0.05) is 0 Å². The van der Waals surface area contributed by atoms with Gasteiger partial charge in [0.25, 0.3) is 0 Å². The van der Waals surface area contributed by atoms with Crippen LogP contribution in [0.25, 0.3) is 0 Å². The number of piperidine rings is 1. The molecule has 1 rings (SSSR count). The number of amides is 1. The molecule has 0 aromatic rings. The predicted octanol–water partition coefficient (Wildman–Crippen LogP) is 0.195. The van der Waals surface area contributed by atoms with E-state index in [0.717, 1.165) is 13.1 Å². The highest BCUT2D eigenvalue weighted by molar-refractivity contribution is 5.81. The third-order valence-corrected chi connectivity index (χ3v) is 3.14. The number of nitrogens with zero attached hydrogens (tertiary/aromatic N) is 1. The highest BCUT2D eigenvalue weighted by atomic mass is 16.2. The van der Waals surface area contributed by atoms with E-state index < -0.39 is 0 Å². The molecule has 2 atom stereocenters. The van der Waals surface area contributed by atoms with Gasteiger partial charge in [-0.3, -0.25) is 9.69 Å². The van der Waals surface area contributed by atoms with E-state index in [9.17, 15) is 4.79 Å². The van der Waals surface area contributed by atoms with Crippen molar-refractivity contribution in [3.8, 4) is 0 Å². The molecule has 88 valence electrons. The third kappa shape index (κ3) is 3.47. The Morgan fingerprint density at radius 2 is 2.33 bits per heavy atom. The first-order valence-corrected chi connectivity index (χ1v) is 5.88. The molecule has 1 saturated heterocycles. The molecule has 0 bridgehead atoms. The molecule has 1 heterocycles. The molecule has 0 aromatic heterocycles. The van der Waals surface area contributed by atoms with Gasteiger partial charge in [0, 0.05) is 19.1 Å². The zero-order chi connectivity index (χ0) is 11.3.